The number of aryl methyl sites for hydroxylation is 1. The molecule has 1 amide bonds. The predicted molar refractivity (Wildman–Crippen MR) is 89.4 cm³/mol. The third-order valence-corrected chi connectivity index (χ3v) is 3.81. The van der Waals surface area contributed by atoms with E-state index in [4.69, 9.17) is 5.11 Å². The molecule has 0 bridgehead atoms. The third-order valence-electron chi connectivity index (χ3n) is 3.81. The smallest absolute Gasteiger partial charge is 0.335 e. The maximum Gasteiger partial charge on any atom is 0.335 e. The predicted octanol–water partition coefficient (Wildman–Crippen LogP) is 3.15. The summed E-state index contributed by atoms with van der Waals surface area (Å²) in [7, 11) is 1.76. The average molecular weight is 311 g/mol. The Bertz CT molecular complexity index is 692. The molecule has 2 rings (SSSR count). The first-order chi connectivity index (χ1) is 11.0. The number of carbonyl (C=O) groups is 2. The van der Waals surface area contributed by atoms with Gasteiger partial charge in [0.2, 0.25) is 5.91 Å². The standard InChI is InChI=1S/C19H21NO3/c1-3-14-7-9-15(10-8-14)13-20(2)18(21)12-16-5-4-6-17(11-16)19(22)23/h4-11H,3,12-13H2,1-2H3,(H,22,23). The van der Waals surface area contributed by atoms with Gasteiger partial charge in [-0.05, 0) is 35.2 Å². The number of nitrogens with zero attached hydrogens (tertiary/aromatic N) is 1. The lowest BCUT2D eigenvalue weighted by Crippen LogP contribution is -2.27. The quantitative estimate of drug-likeness (QED) is 0.891. The normalized spacial score (nSPS) is 10.3. The van der Waals surface area contributed by atoms with E-state index in [1.165, 1.54) is 11.6 Å². The molecule has 0 radical (unpaired) electrons. The van der Waals surface area contributed by atoms with E-state index in [0.717, 1.165) is 12.0 Å². The zero-order valence-electron chi connectivity index (χ0n) is 13.5. The lowest BCUT2D eigenvalue weighted by Gasteiger charge is -2.17. The minimum absolute atomic E-state index is 0.0351. The Morgan fingerprint density at radius 3 is 2.26 bits per heavy atom. The van der Waals surface area contributed by atoms with Crippen LogP contribution in [0.15, 0.2) is 48.5 Å². The van der Waals surface area contributed by atoms with Crippen molar-refractivity contribution in [1.82, 2.24) is 4.90 Å². The Hall–Kier alpha value is -2.62. The average Bonchev–Trinajstić information content (AvgIpc) is 2.55. The molecular formula is C19H21NO3. The minimum Gasteiger partial charge on any atom is -0.478 e. The molecule has 0 heterocycles. The minimum atomic E-state index is -0.983. The first-order valence-corrected chi connectivity index (χ1v) is 7.63. The number of rotatable bonds is 6. The summed E-state index contributed by atoms with van der Waals surface area (Å²) in [6.45, 7) is 2.65. The molecular weight excluding hydrogens is 290 g/mol. The Kier molecular flexibility index (Phi) is 5.52. The Morgan fingerprint density at radius 1 is 1.00 bits per heavy atom. The molecule has 0 aliphatic rings. The highest BCUT2D eigenvalue weighted by Gasteiger charge is 2.12. The van der Waals surface area contributed by atoms with Crippen molar-refractivity contribution in [3.63, 3.8) is 0 Å². The molecule has 4 heteroatoms. The molecule has 0 spiro atoms. The highest BCUT2D eigenvalue weighted by atomic mass is 16.4. The SMILES string of the molecule is CCc1ccc(CN(C)C(=O)Cc2cccc(C(=O)O)c2)cc1. The van der Waals surface area contributed by atoms with Crippen LogP contribution in [0.2, 0.25) is 0 Å². The first-order valence-electron chi connectivity index (χ1n) is 7.63. The molecule has 0 saturated carbocycles. The van der Waals surface area contributed by atoms with Crippen LogP contribution in [0.3, 0.4) is 0 Å². The molecule has 0 atom stereocenters. The van der Waals surface area contributed by atoms with Crippen molar-refractivity contribution in [3.8, 4) is 0 Å². The molecule has 2 aromatic carbocycles. The summed E-state index contributed by atoms with van der Waals surface area (Å²) in [6.07, 6.45) is 1.19. The molecule has 0 fully saturated rings. The molecule has 0 aliphatic carbocycles. The number of benzene rings is 2. The van der Waals surface area contributed by atoms with E-state index >= 15 is 0 Å². The second kappa shape index (κ2) is 7.58. The monoisotopic (exact) mass is 311 g/mol. The van der Waals surface area contributed by atoms with Gasteiger partial charge in [-0.2, -0.15) is 0 Å². The molecule has 0 aliphatic heterocycles. The van der Waals surface area contributed by atoms with Crippen molar-refractivity contribution in [1.29, 1.82) is 0 Å². The topological polar surface area (TPSA) is 57.6 Å². The number of aromatic carboxylic acids is 1. The first kappa shape index (κ1) is 16.7. The van der Waals surface area contributed by atoms with Crippen molar-refractivity contribution < 1.29 is 14.7 Å². The van der Waals surface area contributed by atoms with Gasteiger partial charge in [-0.3, -0.25) is 4.79 Å². The summed E-state index contributed by atoms with van der Waals surface area (Å²) in [6, 6.07) is 14.7. The fourth-order valence-corrected chi connectivity index (χ4v) is 2.37. The number of amides is 1. The lowest BCUT2D eigenvalue weighted by atomic mass is 10.1. The van der Waals surface area contributed by atoms with Crippen LogP contribution in [0.1, 0.15) is 34.0 Å². The van der Waals surface area contributed by atoms with E-state index in [1.807, 2.05) is 12.1 Å². The summed E-state index contributed by atoms with van der Waals surface area (Å²) in [5, 5.41) is 8.99. The summed E-state index contributed by atoms with van der Waals surface area (Å²) < 4.78 is 0. The Morgan fingerprint density at radius 2 is 1.65 bits per heavy atom. The molecule has 1 N–H and O–H groups in total. The second-order valence-electron chi connectivity index (χ2n) is 5.60. The maximum atomic E-state index is 12.3. The van der Waals surface area contributed by atoms with Crippen LogP contribution in [-0.2, 0) is 24.2 Å². The van der Waals surface area contributed by atoms with Crippen LogP contribution < -0.4 is 0 Å². The number of hydrogen-bond donors (Lipinski definition) is 1. The number of carboxylic acids is 1. The van der Waals surface area contributed by atoms with Crippen molar-refractivity contribution in [2.45, 2.75) is 26.3 Å². The number of likely N-dealkylation sites (N-methyl/N-ethyl adjacent to an activating group) is 1. The molecule has 2 aromatic rings. The molecule has 23 heavy (non-hydrogen) atoms. The van der Waals surface area contributed by atoms with Gasteiger partial charge < -0.3 is 10.0 Å². The number of carboxylic acid groups (broad SMARTS) is 1. The molecule has 120 valence electrons. The van der Waals surface area contributed by atoms with Gasteiger partial charge in [0.25, 0.3) is 0 Å². The number of hydrogen-bond acceptors (Lipinski definition) is 2. The second-order valence-corrected chi connectivity index (χ2v) is 5.60. The Balaban J connectivity index is 1.99. The maximum absolute atomic E-state index is 12.3. The fourth-order valence-electron chi connectivity index (χ4n) is 2.37. The molecule has 0 unspecified atom stereocenters. The fraction of sp³-hybridized carbons (Fsp3) is 0.263. The zero-order chi connectivity index (χ0) is 16.8. The summed E-state index contributed by atoms with van der Waals surface area (Å²) in [4.78, 5) is 24.9. The van der Waals surface area contributed by atoms with Gasteiger partial charge >= 0.3 is 5.97 Å². The largest absolute Gasteiger partial charge is 0.478 e. The van der Waals surface area contributed by atoms with Gasteiger partial charge in [0.1, 0.15) is 0 Å². The van der Waals surface area contributed by atoms with Gasteiger partial charge in [-0.1, -0.05) is 43.3 Å². The van der Waals surface area contributed by atoms with E-state index in [2.05, 4.69) is 19.1 Å². The van der Waals surface area contributed by atoms with E-state index in [-0.39, 0.29) is 17.9 Å². The van der Waals surface area contributed by atoms with Crippen LogP contribution >= 0.6 is 0 Å². The molecule has 4 nitrogen and oxygen atoms in total. The van der Waals surface area contributed by atoms with E-state index in [1.54, 1.807) is 30.1 Å². The summed E-state index contributed by atoms with van der Waals surface area (Å²) >= 11 is 0. The van der Waals surface area contributed by atoms with Crippen LogP contribution in [0.25, 0.3) is 0 Å². The van der Waals surface area contributed by atoms with Gasteiger partial charge in [0.05, 0.1) is 12.0 Å². The van der Waals surface area contributed by atoms with Crippen molar-refractivity contribution >= 4 is 11.9 Å². The lowest BCUT2D eigenvalue weighted by molar-refractivity contribution is -0.129. The highest BCUT2D eigenvalue weighted by Crippen LogP contribution is 2.10. The third kappa shape index (κ3) is 4.68. The van der Waals surface area contributed by atoms with E-state index < -0.39 is 5.97 Å². The van der Waals surface area contributed by atoms with E-state index in [0.29, 0.717) is 12.1 Å². The number of carbonyl (C=O) groups excluding carboxylic acids is 1. The van der Waals surface area contributed by atoms with Crippen LogP contribution in [0.5, 0.6) is 0 Å². The van der Waals surface area contributed by atoms with Gasteiger partial charge in [0.15, 0.2) is 0 Å². The van der Waals surface area contributed by atoms with Crippen LogP contribution in [-0.4, -0.2) is 28.9 Å². The van der Waals surface area contributed by atoms with Crippen molar-refractivity contribution in [2.24, 2.45) is 0 Å². The van der Waals surface area contributed by atoms with E-state index in [9.17, 15) is 9.59 Å². The van der Waals surface area contributed by atoms with Crippen molar-refractivity contribution in [2.75, 3.05) is 7.05 Å². The highest BCUT2D eigenvalue weighted by molar-refractivity contribution is 5.88. The van der Waals surface area contributed by atoms with Gasteiger partial charge in [0, 0.05) is 13.6 Å². The van der Waals surface area contributed by atoms with Crippen LogP contribution in [0, 0.1) is 0 Å². The van der Waals surface area contributed by atoms with Crippen LogP contribution in [0.4, 0.5) is 0 Å². The summed E-state index contributed by atoms with van der Waals surface area (Å²) in [5.41, 5.74) is 3.27. The van der Waals surface area contributed by atoms with Gasteiger partial charge in [-0.25, -0.2) is 4.79 Å². The van der Waals surface area contributed by atoms with Gasteiger partial charge in [-0.15, -0.1) is 0 Å². The zero-order valence-corrected chi connectivity index (χ0v) is 13.5. The summed E-state index contributed by atoms with van der Waals surface area (Å²) in [5.74, 6) is -1.02. The molecule has 0 aromatic heterocycles. The Labute approximate surface area is 136 Å². The van der Waals surface area contributed by atoms with Crippen molar-refractivity contribution in [3.05, 3.63) is 70.8 Å². The molecule has 0 saturated heterocycles.